The molecule has 0 amide bonds. The van der Waals surface area contributed by atoms with Gasteiger partial charge in [-0.2, -0.15) is 0 Å². The fraction of sp³-hybridized carbons (Fsp3) is 0. The Morgan fingerprint density at radius 3 is 1.41 bits per heavy atom. The van der Waals surface area contributed by atoms with E-state index in [0.717, 1.165) is 0 Å². The molecule has 1 aromatic heterocycles. The predicted molar refractivity (Wildman–Crippen MR) is 114 cm³/mol. The fourth-order valence-corrected chi connectivity index (χ4v) is 4.44. The van der Waals surface area contributed by atoms with E-state index in [0.29, 0.717) is 0 Å². The number of fused-ring (bicyclic) bond motifs is 3. The van der Waals surface area contributed by atoms with Crippen LogP contribution in [-0.4, -0.2) is 4.98 Å². The van der Waals surface area contributed by atoms with E-state index in [2.05, 4.69) is 102 Å². The van der Waals surface area contributed by atoms with Crippen LogP contribution in [0.25, 0.3) is 55.5 Å². The topological polar surface area (TPSA) is 15.8 Å². The third kappa shape index (κ3) is 2.00. The SMILES string of the molecule is c1ccc(-c2[nH]c(-c3ccccc3)c3c2-c2cccc4cccc-3c24)cc1. The van der Waals surface area contributed by atoms with Crippen molar-refractivity contribution in [2.24, 2.45) is 0 Å². The van der Waals surface area contributed by atoms with E-state index in [1.54, 1.807) is 0 Å². The van der Waals surface area contributed by atoms with E-state index in [-0.39, 0.29) is 0 Å². The van der Waals surface area contributed by atoms with Crippen molar-refractivity contribution in [3.05, 3.63) is 97.1 Å². The van der Waals surface area contributed by atoms with Crippen LogP contribution in [0.1, 0.15) is 0 Å². The molecule has 5 aromatic rings. The second-order valence-corrected chi connectivity index (χ2v) is 7.07. The molecule has 27 heavy (non-hydrogen) atoms. The van der Waals surface area contributed by atoms with E-state index in [9.17, 15) is 0 Å². The van der Waals surface area contributed by atoms with Crippen molar-refractivity contribution in [2.45, 2.75) is 0 Å². The lowest BCUT2D eigenvalue weighted by atomic mass is 9.99. The zero-order valence-corrected chi connectivity index (χ0v) is 14.7. The molecule has 0 radical (unpaired) electrons. The normalized spacial score (nSPS) is 11.7. The van der Waals surface area contributed by atoms with Crippen molar-refractivity contribution in [1.29, 1.82) is 0 Å². The molecule has 1 heteroatoms. The first-order chi connectivity index (χ1) is 13.4. The molecule has 1 aliphatic rings. The van der Waals surface area contributed by atoms with Gasteiger partial charge in [0.15, 0.2) is 0 Å². The van der Waals surface area contributed by atoms with Gasteiger partial charge in [0.25, 0.3) is 0 Å². The minimum Gasteiger partial charge on any atom is -0.353 e. The van der Waals surface area contributed by atoms with E-state index < -0.39 is 0 Å². The van der Waals surface area contributed by atoms with Crippen LogP contribution in [0.4, 0.5) is 0 Å². The van der Waals surface area contributed by atoms with Crippen LogP contribution in [0.5, 0.6) is 0 Å². The molecule has 0 fully saturated rings. The van der Waals surface area contributed by atoms with Gasteiger partial charge in [-0.05, 0) is 33.0 Å². The molecule has 0 atom stereocenters. The first kappa shape index (κ1) is 14.6. The Balaban J connectivity index is 1.77. The first-order valence-corrected chi connectivity index (χ1v) is 9.31. The summed E-state index contributed by atoms with van der Waals surface area (Å²) in [5.41, 5.74) is 10.2. The van der Waals surface area contributed by atoms with Gasteiger partial charge in [-0.15, -0.1) is 0 Å². The molecular formula is C26H17N. The summed E-state index contributed by atoms with van der Waals surface area (Å²) in [5, 5.41) is 2.67. The predicted octanol–water partition coefficient (Wildman–Crippen LogP) is 7.15. The van der Waals surface area contributed by atoms with Crippen LogP contribution < -0.4 is 0 Å². The van der Waals surface area contributed by atoms with Crippen molar-refractivity contribution >= 4 is 10.8 Å². The Bertz CT molecular complexity index is 1200. The summed E-state index contributed by atoms with van der Waals surface area (Å²) in [6.45, 7) is 0. The van der Waals surface area contributed by atoms with Crippen LogP contribution in [0, 0.1) is 0 Å². The number of H-pyrrole nitrogens is 1. The second kappa shape index (κ2) is 5.46. The highest BCUT2D eigenvalue weighted by atomic mass is 14.8. The summed E-state index contributed by atoms with van der Waals surface area (Å²) < 4.78 is 0. The minimum atomic E-state index is 1.20. The third-order valence-corrected chi connectivity index (χ3v) is 5.57. The average Bonchev–Trinajstić information content (AvgIpc) is 3.28. The van der Waals surface area contributed by atoms with Crippen molar-refractivity contribution in [1.82, 2.24) is 4.98 Å². The third-order valence-electron chi connectivity index (χ3n) is 5.57. The monoisotopic (exact) mass is 343 g/mol. The highest BCUT2D eigenvalue weighted by Gasteiger charge is 2.29. The lowest BCUT2D eigenvalue weighted by Crippen LogP contribution is -1.84. The second-order valence-electron chi connectivity index (χ2n) is 7.07. The Morgan fingerprint density at radius 2 is 0.926 bits per heavy atom. The van der Waals surface area contributed by atoms with Gasteiger partial charge < -0.3 is 4.98 Å². The molecular weight excluding hydrogens is 326 g/mol. The maximum Gasteiger partial charge on any atom is 0.0545 e. The number of benzene rings is 4. The average molecular weight is 343 g/mol. The van der Waals surface area contributed by atoms with Crippen LogP contribution in [0.3, 0.4) is 0 Å². The Labute approximate surface area is 157 Å². The van der Waals surface area contributed by atoms with E-state index in [4.69, 9.17) is 0 Å². The van der Waals surface area contributed by atoms with Gasteiger partial charge in [-0.25, -0.2) is 0 Å². The van der Waals surface area contributed by atoms with Crippen molar-refractivity contribution in [3.63, 3.8) is 0 Å². The summed E-state index contributed by atoms with van der Waals surface area (Å²) in [6, 6.07) is 34.6. The van der Waals surface area contributed by atoms with Gasteiger partial charge >= 0.3 is 0 Å². The smallest absolute Gasteiger partial charge is 0.0545 e. The molecule has 0 bridgehead atoms. The molecule has 0 unspecified atom stereocenters. The highest BCUT2D eigenvalue weighted by Crippen LogP contribution is 2.54. The van der Waals surface area contributed by atoms with E-state index in [1.165, 1.54) is 55.5 Å². The van der Waals surface area contributed by atoms with Gasteiger partial charge in [0.05, 0.1) is 11.4 Å². The molecule has 1 N–H and O–H groups in total. The molecule has 1 heterocycles. The van der Waals surface area contributed by atoms with Crippen LogP contribution in [-0.2, 0) is 0 Å². The molecule has 1 nitrogen and oxygen atoms in total. The summed E-state index contributed by atoms with van der Waals surface area (Å²) in [6.07, 6.45) is 0. The lowest BCUT2D eigenvalue weighted by Gasteiger charge is -2.07. The van der Waals surface area contributed by atoms with Crippen LogP contribution in [0.15, 0.2) is 97.1 Å². The first-order valence-electron chi connectivity index (χ1n) is 9.31. The molecule has 6 rings (SSSR count). The standard InChI is InChI=1S/C26H17N/c1-3-9-18(10-4-1)25-23-20-15-7-13-17-14-8-16-21(22(17)20)24(23)26(27-25)19-11-5-2-6-12-19/h1-16,27H. The van der Waals surface area contributed by atoms with Gasteiger partial charge in [-0.1, -0.05) is 97.1 Å². The van der Waals surface area contributed by atoms with Crippen LogP contribution in [0.2, 0.25) is 0 Å². The molecule has 4 aromatic carbocycles. The maximum absolute atomic E-state index is 3.77. The number of aromatic nitrogens is 1. The Morgan fingerprint density at radius 1 is 0.444 bits per heavy atom. The van der Waals surface area contributed by atoms with Crippen molar-refractivity contribution in [2.75, 3.05) is 0 Å². The Hall–Kier alpha value is -3.58. The summed E-state index contributed by atoms with van der Waals surface area (Å²) in [5.74, 6) is 0. The summed E-state index contributed by atoms with van der Waals surface area (Å²) in [7, 11) is 0. The van der Waals surface area contributed by atoms with Gasteiger partial charge in [0.1, 0.15) is 0 Å². The zero-order valence-electron chi connectivity index (χ0n) is 14.7. The number of hydrogen-bond acceptors (Lipinski definition) is 0. The zero-order chi connectivity index (χ0) is 17.8. The van der Waals surface area contributed by atoms with Gasteiger partial charge in [0, 0.05) is 11.1 Å². The molecule has 0 aliphatic heterocycles. The number of nitrogens with one attached hydrogen (secondary N) is 1. The number of rotatable bonds is 2. The van der Waals surface area contributed by atoms with E-state index >= 15 is 0 Å². The fourth-order valence-electron chi connectivity index (χ4n) is 4.44. The highest BCUT2D eigenvalue weighted by molar-refractivity contribution is 6.20. The Kier molecular flexibility index (Phi) is 2.95. The molecule has 0 spiro atoms. The summed E-state index contributed by atoms with van der Waals surface area (Å²) >= 11 is 0. The van der Waals surface area contributed by atoms with E-state index in [1.807, 2.05) is 0 Å². The molecule has 1 aliphatic carbocycles. The molecule has 0 saturated heterocycles. The number of hydrogen-bond donors (Lipinski definition) is 1. The molecule has 126 valence electrons. The number of aromatic amines is 1. The minimum absolute atomic E-state index is 1.20. The quantitative estimate of drug-likeness (QED) is 0.343. The lowest BCUT2D eigenvalue weighted by molar-refractivity contribution is 1.39. The summed E-state index contributed by atoms with van der Waals surface area (Å²) in [4.78, 5) is 3.77. The maximum atomic E-state index is 3.77. The molecule has 0 saturated carbocycles. The van der Waals surface area contributed by atoms with Gasteiger partial charge in [0.2, 0.25) is 0 Å². The van der Waals surface area contributed by atoms with Crippen molar-refractivity contribution < 1.29 is 0 Å². The van der Waals surface area contributed by atoms with Crippen LogP contribution >= 0.6 is 0 Å². The van der Waals surface area contributed by atoms with Crippen molar-refractivity contribution in [3.8, 4) is 44.8 Å². The van der Waals surface area contributed by atoms with Gasteiger partial charge in [-0.3, -0.25) is 0 Å². The largest absolute Gasteiger partial charge is 0.353 e.